The molecule has 192 valence electrons. The van der Waals surface area contributed by atoms with Gasteiger partial charge in [-0.1, -0.05) is 30.3 Å². The molecule has 0 saturated heterocycles. The first-order valence-electron chi connectivity index (χ1n) is 12.2. The predicted molar refractivity (Wildman–Crippen MR) is 148 cm³/mol. The highest BCUT2D eigenvalue weighted by Gasteiger charge is 2.30. The Kier molecular flexibility index (Phi) is 7.67. The number of carbonyl (C=O) groups is 2. The van der Waals surface area contributed by atoms with E-state index in [2.05, 4.69) is 10.6 Å². The van der Waals surface area contributed by atoms with Crippen LogP contribution in [0.2, 0.25) is 0 Å². The SMILES string of the molecule is CCOc1cc2c(cc1OCC)/C(=C(/Nc1ccc(N(C)C(=O)N(C)C)cc1)c1ccccc1)C(=O)N2. The Balaban J connectivity index is 1.78. The Bertz CT molecular complexity index is 1320. The molecule has 0 spiro atoms. The third-order valence-corrected chi connectivity index (χ3v) is 5.93. The molecule has 3 aromatic carbocycles. The van der Waals surface area contributed by atoms with Crippen LogP contribution < -0.4 is 25.0 Å². The second-order valence-electron chi connectivity index (χ2n) is 8.69. The lowest BCUT2D eigenvalue weighted by molar-refractivity contribution is -0.110. The number of nitrogens with zero attached hydrogens (tertiary/aromatic N) is 2. The molecule has 0 atom stereocenters. The summed E-state index contributed by atoms with van der Waals surface area (Å²) < 4.78 is 11.6. The Hall–Kier alpha value is -4.46. The van der Waals surface area contributed by atoms with Crippen LogP contribution in [0.5, 0.6) is 11.5 Å². The van der Waals surface area contributed by atoms with E-state index < -0.39 is 0 Å². The van der Waals surface area contributed by atoms with E-state index >= 15 is 0 Å². The van der Waals surface area contributed by atoms with E-state index in [9.17, 15) is 9.59 Å². The number of amides is 3. The van der Waals surface area contributed by atoms with Gasteiger partial charge in [-0.2, -0.15) is 0 Å². The highest BCUT2D eigenvalue weighted by Crippen LogP contribution is 2.43. The van der Waals surface area contributed by atoms with Gasteiger partial charge in [-0.25, -0.2) is 4.79 Å². The molecule has 0 unspecified atom stereocenters. The van der Waals surface area contributed by atoms with Gasteiger partial charge in [0.25, 0.3) is 5.91 Å². The van der Waals surface area contributed by atoms with Gasteiger partial charge in [0, 0.05) is 44.1 Å². The van der Waals surface area contributed by atoms with Crippen molar-refractivity contribution in [3.8, 4) is 11.5 Å². The average Bonchev–Trinajstić information content (AvgIpc) is 3.22. The lowest BCUT2D eigenvalue weighted by atomic mass is 9.99. The summed E-state index contributed by atoms with van der Waals surface area (Å²) in [5.41, 5.74) is 4.96. The number of fused-ring (bicyclic) bond motifs is 1. The van der Waals surface area contributed by atoms with Crippen molar-refractivity contribution in [2.45, 2.75) is 13.8 Å². The van der Waals surface area contributed by atoms with Crippen molar-refractivity contribution in [2.75, 3.05) is 49.9 Å². The second kappa shape index (κ2) is 11.1. The first kappa shape index (κ1) is 25.6. The Morgan fingerprint density at radius 3 is 2.11 bits per heavy atom. The molecule has 8 nitrogen and oxygen atoms in total. The number of hydrogen-bond donors (Lipinski definition) is 2. The zero-order chi connectivity index (χ0) is 26.5. The quantitative estimate of drug-likeness (QED) is 0.397. The van der Waals surface area contributed by atoms with Gasteiger partial charge >= 0.3 is 6.03 Å². The lowest BCUT2D eigenvalue weighted by Crippen LogP contribution is -2.36. The van der Waals surface area contributed by atoms with Crippen LogP contribution in [-0.2, 0) is 4.79 Å². The third kappa shape index (κ3) is 5.38. The molecule has 3 aromatic rings. The van der Waals surface area contributed by atoms with E-state index in [1.165, 1.54) is 4.90 Å². The van der Waals surface area contributed by atoms with Crippen LogP contribution in [0.4, 0.5) is 21.9 Å². The van der Waals surface area contributed by atoms with Gasteiger partial charge in [-0.15, -0.1) is 0 Å². The first-order valence-corrected chi connectivity index (χ1v) is 12.2. The highest BCUT2D eigenvalue weighted by molar-refractivity contribution is 6.37. The monoisotopic (exact) mass is 500 g/mol. The molecule has 0 saturated carbocycles. The summed E-state index contributed by atoms with van der Waals surface area (Å²) in [5.74, 6) is 0.957. The molecular weight excluding hydrogens is 468 g/mol. The molecule has 0 aromatic heterocycles. The molecule has 0 bridgehead atoms. The fraction of sp³-hybridized carbons (Fsp3) is 0.241. The van der Waals surface area contributed by atoms with Crippen LogP contribution in [0.25, 0.3) is 11.3 Å². The molecule has 1 aliphatic heterocycles. The van der Waals surface area contributed by atoms with E-state index in [4.69, 9.17) is 9.47 Å². The van der Waals surface area contributed by atoms with Crippen LogP contribution >= 0.6 is 0 Å². The largest absolute Gasteiger partial charge is 0.490 e. The van der Waals surface area contributed by atoms with Crippen LogP contribution in [0, 0.1) is 0 Å². The Morgan fingerprint density at radius 2 is 1.51 bits per heavy atom. The molecule has 0 aliphatic carbocycles. The molecule has 37 heavy (non-hydrogen) atoms. The maximum Gasteiger partial charge on any atom is 0.323 e. The number of urea groups is 1. The fourth-order valence-corrected chi connectivity index (χ4v) is 4.17. The van der Waals surface area contributed by atoms with E-state index in [0.29, 0.717) is 41.7 Å². The van der Waals surface area contributed by atoms with Gasteiger partial charge in [0.05, 0.1) is 30.2 Å². The molecule has 4 rings (SSSR count). The molecular formula is C29H32N4O4. The normalized spacial score (nSPS) is 13.4. The van der Waals surface area contributed by atoms with Crippen LogP contribution in [0.15, 0.2) is 66.7 Å². The minimum Gasteiger partial charge on any atom is -0.490 e. The van der Waals surface area contributed by atoms with Crippen molar-refractivity contribution in [3.63, 3.8) is 0 Å². The second-order valence-corrected chi connectivity index (χ2v) is 8.69. The summed E-state index contributed by atoms with van der Waals surface area (Å²) in [6, 6.07) is 20.7. The minimum atomic E-state index is -0.217. The van der Waals surface area contributed by atoms with E-state index in [1.807, 2.05) is 80.6 Å². The molecule has 8 heteroatoms. The van der Waals surface area contributed by atoms with Crippen LogP contribution in [0.3, 0.4) is 0 Å². The highest BCUT2D eigenvalue weighted by atomic mass is 16.5. The Morgan fingerprint density at radius 1 is 0.892 bits per heavy atom. The van der Waals surface area contributed by atoms with Gasteiger partial charge < -0.3 is 25.0 Å². The van der Waals surface area contributed by atoms with Crippen LogP contribution in [-0.4, -0.2) is 51.2 Å². The first-order chi connectivity index (χ1) is 17.8. The summed E-state index contributed by atoms with van der Waals surface area (Å²) in [6.45, 7) is 4.77. The predicted octanol–water partition coefficient (Wildman–Crippen LogP) is 5.53. The maximum absolute atomic E-state index is 13.3. The molecule has 3 amide bonds. The summed E-state index contributed by atoms with van der Waals surface area (Å²) in [7, 11) is 5.16. The van der Waals surface area contributed by atoms with E-state index in [0.717, 1.165) is 22.5 Å². The smallest absolute Gasteiger partial charge is 0.323 e. The zero-order valence-electron chi connectivity index (χ0n) is 21.8. The molecule has 2 N–H and O–H groups in total. The van der Waals surface area contributed by atoms with Crippen molar-refractivity contribution < 1.29 is 19.1 Å². The number of anilines is 3. The zero-order valence-corrected chi connectivity index (χ0v) is 21.8. The molecule has 0 radical (unpaired) electrons. The van der Waals surface area contributed by atoms with Crippen molar-refractivity contribution in [3.05, 3.63) is 77.9 Å². The number of ether oxygens (including phenoxy) is 2. The van der Waals surface area contributed by atoms with Crippen molar-refractivity contribution >= 4 is 40.3 Å². The lowest BCUT2D eigenvalue weighted by Gasteiger charge is -2.22. The number of nitrogens with one attached hydrogen (secondary N) is 2. The summed E-state index contributed by atoms with van der Waals surface area (Å²) in [5, 5.41) is 6.43. The van der Waals surface area contributed by atoms with Crippen molar-refractivity contribution in [2.24, 2.45) is 0 Å². The van der Waals surface area contributed by atoms with Crippen LogP contribution in [0.1, 0.15) is 25.0 Å². The molecule has 1 heterocycles. The van der Waals surface area contributed by atoms with Gasteiger partial charge in [0.1, 0.15) is 0 Å². The van der Waals surface area contributed by atoms with E-state index in [1.54, 1.807) is 26.0 Å². The Labute approximate surface area is 217 Å². The standard InChI is InChI=1S/C29H32N4O4/c1-6-36-24-17-22-23(18-25(24)37-7-2)31-28(34)26(22)27(19-11-9-8-10-12-19)30-20-13-15-21(16-14-20)33(5)29(35)32(3)4/h8-18,30H,6-7H2,1-5H3,(H,31,34)/b27-26-. The summed E-state index contributed by atoms with van der Waals surface area (Å²) >= 11 is 0. The van der Waals surface area contributed by atoms with E-state index in [-0.39, 0.29) is 11.9 Å². The van der Waals surface area contributed by atoms with Gasteiger partial charge in [0.2, 0.25) is 0 Å². The number of rotatable bonds is 8. The summed E-state index contributed by atoms with van der Waals surface area (Å²) in [4.78, 5) is 28.7. The fourth-order valence-electron chi connectivity index (χ4n) is 4.17. The third-order valence-electron chi connectivity index (χ3n) is 5.93. The van der Waals surface area contributed by atoms with Crippen molar-refractivity contribution in [1.29, 1.82) is 0 Å². The van der Waals surface area contributed by atoms with Gasteiger partial charge in [0.15, 0.2) is 11.5 Å². The number of benzene rings is 3. The maximum atomic E-state index is 13.3. The van der Waals surface area contributed by atoms with Crippen molar-refractivity contribution in [1.82, 2.24) is 4.90 Å². The average molecular weight is 501 g/mol. The van der Waals surface area contributed by atoms with Gasteiger partial charge in [-0.3, -0.25) is 9.69 Å². The minimum absolute atomic E-state index is 0.122. The van der Waals surface area contributed by atoms with Gasteiger partial charge in [-0.05, 0) is 49.7 Å². The molecule has 0 fully saturated rings. The molecule has 1 aliphatic rings. The number of carbonyl (C=O) groups excluding carboxylic acids is 2. The topological polar surface area (TPSA) is 83.1 Å². The summed E-state index contributed by atoms with van der Waals surface area (Å²) in [6.07, 6.45) is 0. The number of hydrogen-bond acceptors (Lipinski definition) is 5.